The molecule has 8 N–H and O–H groups in total. The zero-order chi connectivity index (χ0) is 38.8. The van der Waals surface area contributed by atoms with Crippen LogP contribution in [0.25, 0.3) is 0 Å². The maximum absolute atomic E-state index is 12.7. The molecule has 6 fully saturated rings. The van der Waals surface area contributed by atoms with Gasteiger partial charge in [0.25, 0.3) is 0 Å². The Morgan fingerprint density at radius 1 is 0.792 bits per heavy atom. The van der Waals surface area contributed by atoms with E-state index in [4.69, 9.17) is 28.4 Å². The van der Waals surface area contributed by atoms with Crippen molar-refractivity contribution < 1.29 is 69.3 Å². The monoisotopic (exact) mass is 760 g/mol. The molecule has 4 saturated carbocycles. The third-order valence-corrected chi connectivity index (χ3v) is 15.2. The van der Waals surface area contributed by atoms with Crippen LogP contribution >= 0.6 is 0 Å². The Balaban J connectivity index is 1.14. The van der Waals surface area contributed by atoms with Gasteiger partial charge in [0, 0.05) is 32.5 Å². The summed E-state index contributed by atoms with van der Waals surface area (Å²) in [6.07, 6.45) is -7.34. The summed E-state index contributed by atoms with van der Waals surface area (Å²) in [6, 6.07) is 0. The highest BCUT2D eigenvalue weighted by Gasteiger charge is 2.71. The van der Waals surface area contributed by atoms with Crippen molar-refractivity contribution in [2.45, 2.75) is 171 Å². The summed E-state index contributed by atoms with van der Waals surface area (Å²) < 4.78 is 35.4. The van der Waals surface area contributed by atoms with Crippen molar-refractivity contribution in [2.75, 3.05) is 27.4 Å². The van der Waals surface area contributed by atoms with Crippen LogP contribution in [-0.4, -0.2) is 154 Å². The molecule has 6 rings (SSSR count). The number of aliphatic hydroxyl groups excluding tert-OH is 7. The number of hydrogen-bond donors (Lipinski definition) is 8. The lowest BCUT2D eigenvalue weighted by atomic mass is 9.41. The maximum atomic E-state index is 12.7. The van der Waals surface area contributed by atoms with Crippen molar-refractivity contribution in [1.82, 2.24) is 0 Å². The maximum Gasteiger partial charge on any atom is 0.187 e. The molecule has 0 aromatic carbocycles. The van der Waals surface area contributed by atoms with E-state index in [-0.39, 0.29) is 48.2 Å². The van der Waals surface area contributed by atoms with Gasteiger partial charge >= 0.3 is 0 Å². The molecule has 10 unspecified atom stereocenters. The fraction of sp³-hybridized carbons (Fsp3) is 1.00. The predicted octanol–water partition coefficient (Wildman–Crippen LogP) is 0.702. The minimum absolute atomic E-state index is 0.0501. The minimum atomic E-state index is -1.31. The van der Waals surface area contributed by atoms with Gasteiger partial charge in [-0.15, -0.1) is 0 Å². The average Bonchev–Trinajstić information content (AvgIpc) is 3.55. The van der Waals surface area contributed by atoms with Gasteiger partial charge in [-0.1, -0.05) is 34.6 Å². The smallest absolute Gasteiger partial charge is 0.187 e. The quantitative estimate of drug-likeness (QED) is 0.138. The second-order valence-corrected chi connectivity index (χ2v) is 18.3. The molecule has 0 aromatic heterocycles. The van der Waals surface area contributed by atoms with E-state index in [1.165, 1.54) is 14.2 Å². The van der Waals surface area contributed by atoms with Gasteiger partial charge in [0.05, 0.1) is 49.3 Å². The lowest BCUT2D eigenvalue weighted by molar-refractivity contribution is -0.313. The van der Waals surface area contributed by atoms with Crippen molar-refractivity contribution in [1.29, 1.82) is 0 Å². The number of hydrogen-bond acceptors (Lipinski definition) is 14. The number of fused-ring (bicyclic) bond motifs is 5. The van der Waals surface area contributed by atoms with Crippen LogP contribution in [0, 0.1) is 46.3 Å². The molecular weight excluding hydrogens is 692 g/mol. The number of rotatable bonds is 12. The van der Waals surface area contributed by atoms with Crippen LogP contribution in [-0.2, 0) is 28.4 Å². The van der Waals surface area contributed by atoms with E-state index in [0.717, 1.165) is 12.8 Å². The van der Waals surface area contributed by atoms with Gasteiger partial charge in [-0.2, -0.15) is 0 Å². The van der Waals surface area contributed by atoms with Gasteiger partial charge in [0.2, 0.25) is 0 Å². The fourth-order valence-corrected chi connectivity index (χ4v) is 12.5. The molecule has 14 heteroatoms. The van der Waals surface area contributed by atoms with Crippen LogP contribution in [0.5, 0.6) is 0 Å². The molecule has 0 amide bonds. The molecule has 0 radical (unpaired) electrons. The van der Waals surface area contributed by atoms with Crippen LogP contribution in [0.1, 0.15) is 86.0 Å². The van der Waals surface area contributed by atoms with Crippen LogP contribution < -0.4 is 0 Å². The van der Waals surface area contributed by atoms with Crippen LogP contribution in [0.4, 0.5) is 0 Å². The largest absolute Gasteiger partial charge is 0.394 e. The van der Waals surface area contributed by atoms with Crippen molar-refractivity contribution >= 4 is 0 Å². The number of ether oxygens (including phenoxy) is 6. The van der Waals surface area contributed by atoms with Crippen LogP contribution in [0.2, 0.25) is 0 Å². The van der Waals surface area contributed by atoms with Gasteiger partial charge in [0.15, 0.2) is 12.6 Å². The van der Waals surface area contributed by atoms with E-state index in [1.807, 2.05) is 20.8 Å². The molecule has 2 saturated heterocycles. The number of aliphatic hydroxyl groups is 8. The Kier molecular flexibility index (Phi) is 12.7. The molecule has 308 valence electrons. The SMILES string of the molecule is COC1COC(OC2C(OC(CCC(C)[C@H]3C[C@@H](O)[C@@H]4[C@]3(C)CC[C@@H]3[C@@]5(C)CC[C@H](O)[C@H](O)[C@@H]5[C@@H](O)C[C@]34O)C(C)C)OC(CO)C2O)C(OC)C1O. The third kappa shape index (κ3) is 7.17. The Labute approximate surface area is 314 Å². The van der Waals surface area contributed by atoms with E-state index >= 15 is 0 Å². The van der Waals surface area contributed by atoms with E-state index in [2.05, 4.69) is 13.8 Å². The van der Waals surface area contributed by atoms with E-state index < -0.39 is 103 Å². The van der Waals surface area contributed by atoms with Gasteiger partial charge in [-0.25, -0.2) is 0 Å². The van der Waals surface area contributed by atoms with E-state index in [1.54, 1.807) is 0 Å². The van der Waals surface area contributed by atoms with E-state index in [0.29, 0.717) is 32.1 Å². The summed E-state index contributed by atoms with van der Waals surface area (Å²) in [5.41, 5.74) is -2.26. The first-order valence-corrected chi connectivity index (χ1v) is 20.0. The van der Waals surface area contributed by atoms with Crippen molar-refractivity contribution in [3.05, 3.63) is 0 Å². The zero-order valence-corrected chi connectivity index (χ0v) is 32.6. The lowest BCUT2D eigenvalue weighted by Gasteiger charge is -2.66. The molecule has 2 heterocycles. The molecule has 2 aliphatic heterocycles. The molecule has 0 spiro atoms. The Morgan fingerprint density at radius 3 is 2.13 bits per heavy atom. The zero-order valence-electron chi connectivity index (χ0n) is 32.6. The standard InChI is InChI=1S/C39H68O14/c1-18(2)24(51-36-33(30(45)25(16-40)52-36)53-35-32(49-7)31(46)26(48-6)17-50-35)9-8-19(3)20-14-22(42)34-37(20,4)13-11-27-38(5)12-10-21(41)29(44)28(38)23(43)15-39(27,34)47/h18-36,40-47H,8-17H2,1-7H3/t19?,20-,21+,22-,23+,24?,25?,26?,27-,28+,29+,30?,31?,32?,33?,34-,35?,36?,37-,38-,39+/m1/s1. The topological polar surface area (TPSA) is 217 Å². The minimum Gasteiger partial charge on any atom is -0.394 e. The number of methoxy groups -OCH3 is 2. The molecule has 0 aromatic rings. The van der Waals surface area contributed by atoms with Crippen LogP contribution in [0.15, 0.2) is 0 Å². The first-order chi connectivity index (χ1) is 25.0. The predicted molar refractivity (Wildman–Crippen MR) is 189 cm³/mol. The normalized spacial score (nSPS) is 52.5. The molecular formula is C39H68O14. The Hall–Kier alpha value is -0.560. The van der Waals surface area contributed by atoms with Crippen molar-refractivity contribution in [2.24, 2.45) is 46.3 Å². The molecule has 6 aliphatic rings. The van der Waals surface area contributed by atoms with Crippen molar-refractivity contribution in [3.8, 4) is 0 Å². The first-order valence-electron chi connectivity index (χ1n) is 20.0. The van der Waals surface area contributed by atoms with Gasteiger partial charge < -0.3 is 69.3 Å². The first kappa shape index (κ1) is 42.1. The lowest BCUT2D eigenvalue weighted by Crippen LogP contribution is -2.70. The molecule has 21 atom stereocenters. The molecule has 4 aliphatic carbocycles. The van der Waals surface area contributed by atoms with Crippen LogP contribution in [0.3, 0.4) is 0 Å². The highest BCUT2D eigenvalue weighted by Crippen LogP contribution is 2.70. The summed E-state index contributed by atoms with van der Waals surface area (Å²) >= 11 is 0. The average molecular weight is 761 g/mol. The highest BCUT2D eigenvalue weighted by molar-refractivity contribution is 5.21. The second-order valence-electron chi connectivity index (χ2n) is 18.3. The Morgan fingerprint density at radius 2 is 1.49 bits per heavy atom. The molecule has 14 nitrogen and oxygen atoms in total. The molecule has 53 heavy (non-hydrogen) atoms. The van der Waals surface area contributed by atoms with Crippen molar-refractivity contribution in [3.63, 3.8) is 0 Å². The third-order valence-electron chi connectivity index (χ3n) is 15.2. The second kappa shape index (κ2) is 16.0. The summed E-state index contributed by atoms with van der Waals surface area (Å²) in [5.74, 6) is -0.891. The van der Waals surface area contributed by atoms with Gasteiger partial charge in [0.1, 0.15) is 36.6 Å². The Bertz CT molecular complexity index is 1230. The van der Waals surface area contributed by atoms with Gasteiger partial charge in [-0.05, 0) is 79.4 Å². The summed E-state index contributed by atoms with van der Waals surface area (Å²) in [4.78, 5) is 0. The molecule has 0 bridgehead atoms. The van der Waals surface area contributed by atoms with Gasteiger partial charge in [-0.3, -0.25) is 0 Å². The highest BCUT2D eigenvalue weighted by atomic mass is 16.8. The fourth-order valence-electron chi connectivity index (χ4n) is 12.5. The summed E-state index contributed by atoms with van der Waals surface area (Å²) in [5, 5.41) is 89.2. The summed E-state index contributed by atoms with van der Waals surface area (Å²) in [7, 11) is 2.89. The summed E-state index contributed by atoms with van der Waals surface area (Å²) in [6.45, 7) is 10.1. The van der Waals surface area contributed by atoms with E-state index in [9.17, 15) is 40.9 Å².